The van der Waals surface area contributed by atoms with Crippen molar-refractivity contribution in [3.05, 3.63) is 41.5 Å². The Morgan fingerprint density at radius 2 is 2.19 bits per heavy atom. The summed E-state index contributed by atoms with van der Waals surface area (Å²) in [7, 11) is 0. The van der Waals surface area contributed by atoms with E-state index in [1.165, 1.54) is 12.8 Å². The molecule has 21 heavy (non-hydrogen) atoms. The number of hydrogen-bond donors (Lipinski definition) is 1. The predicted octanol–water partition coefficient (Wildman–Crippen LogP) is 3.66. The molecule has 112 valence electrons. The highest BCUT2D eigenvalue weighted by Crippen LogP contribution is 2.26. The van der Waals surface area contributed by atoms with Gasteiger partial charge in [-0.15, -0.1) is 0 Å². The van der Waals surface area contributed by atoms with Gasteiger partial charge in [-0.2, -0.15) is 5.10 Å². The Labute approximate surface area is 125 Å². The number of aromatic nitrogens is 2. The number of aryl methyl sites for hydroxylation is 1. The molecule has 1 aromatic carbocycles. The van der Waals surface area contributed by atoms with E-state index in [2.05, 4.69) is 24.3 Å². The van der Waals surface area contributed by atoms with Gasteiger partial charge in [0.15, 0.2) is 0 Å². The van der Waals surface area contributed by atoms with Crippen molar-refractivity contribution in [3.8, 4) is 11.1 Å². The highest BCUT2D eigenvalue weighted by molar-refractivity contribution is 5.66. The summed E-state index contributed by atoms with van der Waals surface area (Å²) in [6.45, 7) is 5.74. The zero-order valence-corrected chi connectivity index (χ0v) is 12.7. The summed E-state index contributed by atoms with van der Waals surface area (Å²) < 4.78 is 15.9. The Balaban J connectivity index is 1.85. The van der Waals surface area contributed by atoms with Crippen LogP contribution in [0.15, 0.2) is 24.4 Å². The van der Waals surface area contributed by atoms with Gasteiger partial charge in [-0.25, -0.2) is 4.39 Å². The second-order valence-corrected chi connectivity index (χ2v) is 5.83. The van der Waals surface area contributed by atoms with Crippen LogP contribution in [0.2, 0.25) is 0 Å². The lowest BCUT2D eigenvalue weighted by Crippen LogP contribution is -2.16. The summed E-state index contributed by atoms with van der Waals surface area (Å²) in [6, 6.07) is 5.94. The van der Waals surface area contributed by atoms with Crippen molar-refractivity contribution in [2.45, 2.75) is 52.2 Å². The second-order valence-electron chi connectivity index (χ2n) is 5.83. The minimum absolute atomic E-state index is 0.134. The van der Waals surface area contributed by atoms with Crippen molar-refractivity contribution in [1.82, 2.24) is 15.1 Å². The summed E-state index contributed by atoms with van der Waals surface area (Å²) in [5.41, 5.74) is 4.02. The lowest BCUT2D eigenvalue weighted by Gasteiger charge is -2.08. The maximum atomic E-state index is 13.9. The van der Waals surface area contributed by atoms with Gasteiger partial charge in [0, 0.05) is 36.0 Å². The van der Waals surface area contributed by atoms with E-state index in [-0.39, 0.29) is 5.82 Å². The monoisotopic (exact) mass is 287 g/mol. The standard InChI is InChI=1S/C17H22FN3/c1-3-8-21-12(2)16(11-20-21)13-4-7-17(18)14(9-13)10-19-15-5-6-15/h4,7,9,11,15,19H,3,5-6,8,10H2,1-2H3. The van der Waals surface area contributed by atoms with Crippen LogP contribution >= 0.6 is 0 Å². The van der Waals surface area contributed by atoms with E-state index in [0.717, 1.165) is 35.3 Å². The van der Waals surface area contributed by atoms with E-state index in [0.29, 0.717) is 12.6 Å². The molecule has 0 saturated heterocycles. The SMILES string of the molecule is CCCn1ncc(-c2ccc(F)c(CNC3CC3)c2)c1C. The number of nitrogens with zero attached hydrogens (tertiary/aromatic N) is 2. The third kappa shape index (κ3) is 3.16. The molecule has 1 N–H and O–H groups in total. The molecule has 0 unspecified atom stereocenters. The highest BCUT2D eigenvalue weighted by Gasteiger charge is 2.20. The summed E-state index contributed by atoms with van der Waals surface area (Å²) in [5, 5.41) is 7.80. The van der Waals surface area contributed by atoms with Crippen LogP contribution < -0.4 is 5.32 Å². The van der Waals surface area contributed by atoms with Crippen LogP contribution in [-0.4, -0.2) is 15.8 Å². The summed E-state index contributed by atoms with van der Waals surface area (Å²) >= 11 is 0. The molecule has 1 aliphatic carbocycles. The highest BCUT2D eigenvalue weighted by atomic mass is 19.1. The number of benzene rings is 1. The second kappa shape index (κ2) is 5.98. The quantitative estimate of drug-likeness (QED) is 0.878. The van der Waals surface area contributed by atoms with Crippen molar-refractivity contribution in [1.29, 1.82) is 0 Å². The first kappa shape index (κ1) is 14.3. The van der Waals surface area contributed by atoms with Gasteiger partial charge in [0.1, 0.15) is 5.82 Å². The lowest BCUT2D eigenvalue weighted by atomic mass is 10.0. The molecule has 1 aromatic heterocycles. The Morgan fingerprint density at radius 1 is 1.38 bits per heavy atom. The zero-order chi connectivity index (χ0) is 14.8. The van der Waals surface area contributed by atoms with Crippen LogP contribution in [0.5, 0.6) is 0 Å². The third-order valence-corrected chi connectivity index (χ3v) is 4.05. The largest absolute Gasteiger partial charge is 0.310 e. The Hall–Kier alpha value is -1.68. The van der Waals surface area contributed by atoms with Gasteiger partial charge in [0.05, 0.1) is 6.20 Å². The van der Waals surface area contributed by atoms with E-state index in [4.69, 9.17) is 0 Å². The number of hydrogen-bond acceptors (Lipinski definition) is 2. The molecule has 0 amide bonds. The molecule has 1 heterocycles. The molecule has 3 nitrogen and oxygen atoms in total. The molecule has 0 spiro atoms. The summed E-state index contributed by atoms with van der Waals surface area (Å²) in [5.74, 6) is -0.134. The van der Waals surface area contributed by atoms with Crippen molar-refractivity contribution in [2.24, 2.45) is 0 Å². The topological polar surface area (TPSA) is 29.9 Å². The molecule has 1 fully saturated rings. The van der Waals surface area contributed by atoms with Crippen LogP contribution in [0, 0.1) is 12.7 Å². The first-order valence-corrected chi connectivity index (χ1v) is 7.73. The third-order valence-electron chi connectivity index (χ3n) is 4.05. The fourth-order valence-electron chi connectivity index (χ4n) is 2.59. The molecular formula is C17H22FN3. The molecule has 0 atom stereocenters. The molecule has 1 saturated carbocycles. The van der Waals surface area contributed by atoms with Crippen LogP contribution in [-0.2, 0) is 13.1 Å². The van der Waals surface area contributed by atoms with Crippen LogP contribution in [0.4, 0.5) is 4.39 Å². The zero-order valence-electron chi connectivity index (χ0n) is 12.7. The van der Waals surface area contributed by atoms with Crippen LogP contribution in [0.3, 0.4) is 0 Å². The fraction of sp³-hybridized carbons (Fsp3) is 0.471. The Bertz CT molecular complexity index is 629. The maximum absolute atomic E-state index is 13.9. The maximum Gasteiger partial charge on any atom is 0.127 e. The number of rotatable bonds is 6. The van der Waals surface area contributed by atoms with E-state index in [1.54, 1.807) is 6.07 Å². The van der Waals surface area contributed by atoms with Gasteiger partial charge in [0.2, 0.25) is 0 Å². The van der Waals surface area contributed by atoms with Gasteiger partial charge < -0.3 is 5.32 Å². The Kier molecular flexibility index (Phi) is 4.06. The molecule has 0 bridgehead atoms. The van der Waals surface area contributed by atoms with Crippen molar-refractivity contribution >= 4 is 0 Å². The lowest BCUT2D eigenvalue weighted by molar-refractivity contribution is 0.586. The van der Waals surface area contributed by atoms with Gasteiger partial charge in [-0.3, -0.25) is 4.68 Å². The molecule has 2 aromatic rings. The smallest absolute Gasteiger partial charge is 0.127 e. The molecule has 0 aliphatic heterocycles. The fourth-order valence-corrected chi connectivity index (χ4v) is 2.59. The van der Waals surface area contributed by atoms with E-state index < -0.39 is 0 Å². The molecular weight excluding hydrogens is 265 g/mol. The molecule has 3 rings (SSSR count). The van der Waals surface area contributed by atoms with Crippen molar-refractivity contribution < 1.29 is 4.39 Å². The van der Waals surface area contributed by atoms with Crippen LogP contribution in [0.1, 0.15) is 37.4 Å². The normalized spacial score (nSPS) is 14.6. The minimum atomic E-state index is -0.134. The van der Waals surface area contributed by atoms with Gasteiger partial charge in [-0.05, 0) is 43.9 Å². The first-order chi connectivity index (χ1) is 10.2. The summed E-state index contributed by atoms with van der Waals surface area (Å²) in [6.07, 6.45) is 5.37. The molecule has 1 aliphatic rings. The van der Waals surface area contributed by atoms with Gasteiger partial charge in [-0.1, -0.05) is 13.0 Å². The average molecular weight is 287 g/mol. The Morgan fingerprint density at radius 3 is 2.90 bits per heavy atom. The van der Waals surface area contributed by atoms with Gasteiger partial charge >= 0.3 is 0 Å². The van der Waals surface area contributed by atoms with Crippen LogP contribution in [0.25, 0.3) is 11.1 Å². The van der Waals surface area contributed by atoms with Gasteiger partial charge in [0.25, 0.3) is 0 Å². The van der Waals surface area contributed by atoms with E-state index in [9.17, 15) is 4.39 Å². The summed E-state index contributed by atoms with van der Waals surface area (Å²) in [4.78, 5) is 0. The first-order valence-electron chi connectivity index (χ1n) is 7.73. The molecule has 0 radical (unpaired) electrons. The van der Waals surface area contributed by atoms with E-state index in [1.807, 2.05) is 23.0 Å². The number of halogens is 1. The molecule has 4 heteroatoms. The number of nitrogens with one attached hydrogen (secondary N) is 1. The minimum Gasteiger partial charge on any atom is -0.310 e. The van der Waals surface area contributed by atoms with E-state index >= 15 is 0 Å². The average Bonchev–Trinajstić information content (AvgIpc) is 3.24. The van der Waals surface area contributed by atoms with Crippen molar-refractivity contribution in [3.63, 3.8) is 0 Å². The van der Waals surface area contributed by atoms with Crippen molar-refractivity contribution in [2.75, 3.05) is 0 Å². The predicted molar refractivity (Wildman–Crippen MR) is 82.5 cm³/mol.